The summed E-state index contributed by atoms with van der Waals surface area (Å²) < 4.78 is 11.0. The summed E-state index contributed by atoms with van der Waals surface area (Å²) in [6, 6.07) is 14.0. The Kier molecular flexibility index (Phi) is 7.30. The van der Waals surface area contributed by atoms with Gasteiger partial charge in [0.2, 0.25) is 0 Å². The lowest BCUT2D eigenvalue weighted by atomic mass is 10.0. The Balaban J connectivity index is 1.58. The quantitative estimate of drug-likeness (QED) is 0.510. The van der Waals surface area contributed by atoms with Gasteiger partial charge in [-0.05, 0) is 91.3 Å². The maximum atomic E-state index is 12.9. The average Bonchev–Trinajstić information content (AvgIpc) is 3.33. The highest BCUT2D eigenvalue weighted by molar-refractivity contribution is 7.80. The summed E-state index contributed by atoms with van der Waals surface area (Å²) in [5.74, 6) is 0.807. The van der Waals surface area contributed by atoms with Crippen LogP contribution in [0.5, 0.6) is 5.75 Å². The molecule has 3 aromatic rings. The van der Waals surface area contributed by atoms with Gasteiger partial charge in [-0.25, -0.2) is 0 Å². The lowest BCUT2D eigenvalue weighted by Gasteiger charge is -2.27. The van der Waals surface area contributed by atoms with Crippen LogP contribution in [-0.2, 0) is 17.8 Å². The third-order valence-corrected chi connectivity index (χ3v) is 6.62. The lowest BCUT2D eigenvalue weighted by molar-refractivity contribution is 0.113. The highest BCUT2D eigenvalue weighted by Crippen LogP contribution is 2.19. The maximum absolute atomic E-state index is 12.9. The van der Waals surface area contributed by atoms with Crippen LogP contribution >= 0.6 is 12.2 Å². The molecule has 1 aliphatic rings. The third kappa shape index (κ3) is 5.72. The number of benzene rings is 2. The Bertz CT molecular complexity index is 1180. The molecule has 6 nitrogen and oxygen atoms in total. The topological polar surface area (TPSA) is 66.6 Å². The van der Waals surface area contributed by atoms with Gasteiger partial charge in [-0.1, -0.05) is 12.1 Å². The summed E-state index contributed by atoms with van der Waals surface area (Å²) in [7, 11) is 1.65. The predicted octanol–water partition coefficient (Wildman–Crippen LogP) is 4.21. The van der Waals surface area contributed by atoms with Gasteiger partial charge in [0.05, 0.1) is 19.8 Å². The Morgan fingerprint density at radius 2 is 1.94 bits per heavy atom. The summed E-state index contributed by atoms with van der Waals surface area (Å²) in [6.07, 6.45) is 2.30. The molecule has 0 saturated carbocycles. The summed E-state index contributed by atoms with van der Waals surface area (Å²) in [4.78, 5) is 18.0. The number of hydrogen-bond donors (Lipinski definition) is 2. The molecule has 0 aliphatic carbocycles. The molecule has 0 unspecified atom stereocenters. The molecule has 2 N–H and O–H groups in total. The summed E-state index contributed by atoms with van der Waals surface area (Å²) >= 11 is 5.76. The van der Waals surface area contributed by atoms with E-state index in [2.05, 4.69) is 30.2 Å². The number of pyridine rings is 1. The maximum Gasteiger partial charge on any atom is 0.253 e. The van der Waals surface area contributed by atoms with E-state index in [0.717, 1.165) is 47.2 Å². The molecule has 4 rings (SSSR count). The second-order valence-electron chi connectivity index (χ2n) is 8.67. The van der Waals surface area contributed by atoms with Gasteiger partial charge in [0.1, 0.15) is 5.75 Å². The van der Waals surface area contributed by atoms with Crippen molar-refractivity contribution < 1.29 is 9.47 Å². The van der Waals surface area contributed by atoms with Crippen LogP contribution < -0.4 is 15.6 Å². The molecule has 0 radical (unpaired) electrons. The average molecular weight is 466 g/mol. The van der Waals surface area contributed by atoms with Gasteiger partial charge in [0, 0.05) is 30.8 Å². The molecular formula is C26H31N3O3S. The smallest absolute Gasteiger partial charge is 0.253 e. The molecule has 2 aromatic carbocycles. The molecule has 0 bridgehead atoms. The molecule has 174 valence electrons. The molecule has 1 fully saturated rings. The van der Waals surface area contributed by atoms with Crippen LogP contribution in [0.1, 0.15) is 35.1 Å². The van der Waals surface area contributed by atoms with Crippen molar-refractivity contribution in [3.05, 3.63) is 75.1 Å². The highest BCUT2D eigenvalue weighted by atomic mass is 32.1. The Labute approximate surface area is 199 Å². The van der Waals surface area contributed by atoms with Crippen LogP contribution in [0.4, 0.5) is 0 Å². The van der Waals surface area contributed by atoms with Gasteiger partial charge >= 0.3 is 0 Å². The molecule has 0 spiro atoms. The minimum absolute atomic E-state index is 0.0904. The van der Waals surface area contributed by atoms with E-state index >= 15 is 0 Å². The number of aromatic nitrogens is 1. The fraction of sp³-hybridized carbons (Fsp3) is 0.385. The van der Waals surface area contributed by atoms with Crippen LogP contribution in [0.15, 0.2) is 47.3 Å². The molecule has 1 aliphatic heterocycles. The zero-order chi connectivity index (χ0) is 23.4. The molecular weight excluding hydrogens is 434 g/mol. The molecule has 1 aromatic heterocycles. The number of thiocarbonyl (C=S) groups is 1. The van der Waals surface area contributed by atoms with Crippen LogP contribution in [0.3, 0.4) is 0 Å². The molecule has 33 heavy (non-hydrogen) atoms. The Morgan fingerprint density at radius 1 is 1.18 bits per heavy atom. The first kappa shape index (κ1) is 23.3. The number of H-pyrrole nitrogens is 1. The van der Waals surface area contributed by atoms with Crippen LogP contribution in [0.25, 0.3) is 10.9 Å². The summed E-state index contributed by atoms with van der Waals surface area (Å²) in [6.45, 7) is 6.59. The van der Waals surface area contributed by atoms with E-state index in [9.17, 15) is 4.79 Å². The molecule has 1 atom stereocenters. The standard InChI is InChI=1S/C26H31N3O3S/c1-17-11-20-13-21(25(30)28-24(20)12-18(17)2)16-29(15-19-6-8-22(31-3)9-7-19)26(33)27-14-23-5-4-10-32-23/h6-9,11-13,23H,4-5,10,14-16H2,1-3H3,(H,27,33)(H,28,30)/t23-/m0/s1. The van der Waals surface area contributed by atoms with E-state index in [1.54, 1.807) is 7.11 Å². The first-order valence-electron chi connectivity index (χ1n) is 11.3. The van der Waals surface area contributed by atoms with E-state index in [-0.39, 0.29) is 11.7 Å². The van der Waals surface area contributed by atoms with Crippen LogP contribution in [-0.4, -0.2) is 41.4 Å². The van der Waals surface area contributed by atoms with Crippen molar-refractivity contribution in [2.24, 2.45) is 0 Å². The van der Waals surface area contributed by atoms with Crippen molar-refractivity contribution in [2.45, 2.75) is 45.9 Å². The zero-order valence-electron chi connectivity index (χ0n) is 19.4. The van der Waals surface area contributed by atoms with E-state index in [0.29, 0.717) is 30.3 Å². The minimum atomic E-state index is -0.0904. The Hall–Kier alpha value is -2.90. The fourth-order valence-corrected chi connectivity index (χ4v) is 4.33. The number of aryl methyl sites for hydroxylation is 2. The molecule has 0 amide bonds. The molecule has 2 heterocycles. The summed E-state index contributed by atoms with van der Waals surface area (Å²) in [5.41, 5.74) is 4.89. The number of rotatable bonds is 7. The van der Waals surface area contributed by atoms with Crippen LogP contribution in [0.2, 0.25) is 0 Å². The van der Waals surface area contributed by atoms with Gasteiger partial charge < -0.3 is 24.7 Å². The van der Waals surface area contributed by atoms with Crippen molar-refractivity contribution in [1.29, 1.82) is 0 Å². The van der Waals surface area contributed by atoms with E-state index in [1.165, 1.54) is 5.56 Å². The number of nitrogens with zero attached hydrogens (tertiary/aromatic N) is 1. The molecule has 7 heteroatoms. The van der Waals surface area contributed by atoms with Gasteiger partial charge in [-0.2, -0.15) is 0 Å². The summed E-state index contributed by atoms with van der Waals surface area (Å²) in [5, 5.41) is 4.99. The second-order valence-corrected chi connectivity index (χ2v) is 9.06. The Morgan fingerprint density at radius 3 is 2.64 bits per heavy atom. The first-order chi connectivity index (χ1) is 15.9. The minimum Gasteiger partial charge on any atom is -0.497 e. The second kappa shape index (κ2) is 10.4. The monoisotopic (exact) mass is 465 g/mol. The number of aromatic amines is 1. The normalized spacial score (nSPS) is 15.5. The van der Waals surface area contributed by atoms with Crippen molar-refractivity contribution in [1.82, 2.24) is 15.2 Å². The van der Waals surface area contributed by atoms with E-state index in [1.807, 2.05) is 41.3 Å². The largest absolute Gasteiger partial charge is 0.497 e. The van der Waals surface area contributed by atoms with E-state index in [4.69, 9.17) is 21.7 Å². The predicted molar refractivity (Wildman–Crippen MR) is 136 cm³/mol. The van der Waals surface area contributed by atoms with Gasteiger partial charge in [-0.15, -0.1) is 0 Å². The number of hydrogen-bond acceptors (Lipinski definition) is 4. The number of fused-ring (bicyclic) bond motifs is 1. The van der Waals surface area contributed by atoms with Crippen molar-refractivity contribution in [2.75, 3.05) is 20.3 Å². The van der Waals surface area contributed by atoms with Crippen molar-refractivity contribution in [3.8, 4) is 5.75 Å². The lowest BCUT2D eigenvalue weighted by Crippen LogP contribution is -2.42. The van der Waals surface area contributed by atoms with Crippen molar-refractivity contribution in [3.63, 3.8) is 0 Å². The zero-order valence-corrected chi connectivity index (χ0v) is 20.3. The van der Waals surface area contributed by atoms with Crippen LogP contribution in [0, 0.1) is 13.8 Å². The number of ether oxygens (including phenoxy) is 2. The SMILES string of the molecule is COc1ccc(CN(Cc2cc3cc(C)c(C)cc3[nH]c2=O)C(=S)NC[C@@H]2CCCO2)cc1. The van der Waals surface area contributed by atoms with Gasteiger partial charge in [-0.3, -0.25) is 4.79 Å². The van der Waals surface area contributed by atoms with Gasteiger partial charge in [0.25, 0.3) is 5.56 Å². The highest BCUT2D eigenvalue weighted by Gasteiger charge is 2.19. The van der Waals surface area contributed by atoms with Gasteiger partial charge in [0.15, 0.2) is 5.11 Å². The van der Waals surface area contributed by atoms with Crippen molar-refractivity contribution >= 4 is 28.2 Å². The van der Waals surface area contributed by atoms with E-state index < -0.39 is 0 Å². The third-order valence-electron chi connectivity index (χ3n) is 6.22. The first-order valence-corrected chi connectivity index (χ1v) is 11.7. The number of nitrogens with one attached hydrogen (secondary N) is 2. The molecule has 1 saturated heterocycles. The number of methoxy groups -OCH3 is 1. The fourth-order valence-electron chi connectivity index (χ4n) is 4.11.